The number of hydrogen-bond donors (Lipinski definition) is 1. The van der Waals surface area contributed by atoms with Crippen LogP contribution in [0.1, 0.15) is 17.2 Å². The number of methoxy groups -OCH3 is 2. The second-order valence-corrected chi connectivity index (χ2v) is 5.34. The lowest BCUT2D eigenvalue weighted by Crippen LogP contribution is -2.37. The molecule has 0 heterocycles. The average molecular weight is 365 g/mol. The number of benzene rings is 2. The first-order chi connectivity index (χ1) is 12.3. The first kappa shape index (κ1) is 19.4. The molecular formula is C19H18F3NO3. The number of hydrogen-bond acceptors (Lipinski definition) is 3. The Morgan fingerprint density at radius 3 is 2.35 bits per heavy atom. The van der Waals surface area contributed by atoms with Crippen LogP contribution >= 0.6 is 0 Å². The van der Waals surface area contributed by atoms with Gasteiger partial charge in [0.15, 0.2) is 6.04 Å². The van der Waals surface area contributed by atoms with Gasteiger partial charge in [0.1, 0.15) is 11.5 Å². The average Bonchev–Trinajstić information content (AvgIpc) is 2.64. The Morgan fingerprint density at radius 2 is 1.77 bits per heavy atom. The topological polar surface area (TPSA) is 47.6 Å². The van der Waals surface area contributed by atoms with E-state index in [1.807, 2.05) is 5.32 Å². The molecule has 0 aromatic heterocycles. The molecule has 0 aliphatic carbocycles. The third kappa shape index (κ3) is 5.02. The predicted molar refractivity (Wildman–Crippen MR) is 92.0 cm³/mol. The normalized spacial score (nSPS) is 12.7. The van der Waals surface area contributed by atoms with Gasteiger partial charge in [0.25, 0.3) is 0 Å². The van der Waals surface area contributed by atoms with Crippen molar-refractivity contribution in [3.8, 4) is 11.5 Å². The van der Waals surface area contributed by atoms with E-state index in [-0.39, 0.29) is 5.56 Å². The van der Waals surface area contributed by atoms with Crippen LogP contribution in [0.3, 0.4) is 0 Å². The molecule has 138 valence electrons. The van der Waals surface area contributed by atoms with E-state index in [9.17, 15) is 18.0 Å². The maximum absolute atomic E-state index is 13.3. The lowest BCUT2D eigenvalue weighted by Gasteiger charge is -2.21. The van der Waals surface area contributed by atoms with Crippen LogP contribution in [0.15, 0.2) is 54.6 Å². The highest BCUT2D eigenvalue weighted by Crippen LogP contribution is 2.32. The standard InChI is InChI=1S/C19H18F3NO3/c1-25-15-10-8-13(16(12-15)26-2)9-11-17(24)23-18(19(20,21)22)14-6-4-3-5-7-14/h3-12,18H,1-2H3,(H,23,24)/b11-9+/t18-/m1/s1. The summed E-state index contributed by atoms with van der Waals surface area (Å²) in [6.07, 6.45) is -2.19. The fourth-order valence-corrected chi connectivity index (χ4v) is 2.31. The zero-order valence-corrected chi connectivity index (χ0v) is 14.2. The summed E-state index contributed by atoms with van der Waals surface area (Å²) in [4.78, 5) is 12.0. The van der Waals surface area contributed by atoms with E-state index in [0.29, 0.717) is 17.1 Å². The molecule has 26 heavy (non-hydrogen) atoms. The zero-order chi connectivity index (χ0) is 19.2. The molecule has 1 atom stereocenters. The predicted octanol–water partition coefficient (Wildman–Crippen LogP) is 4.14. The van der Waals surface area contributed by atoms with Crippen molar-refractivity contribution < 1.29 is 27.4 Å². The van der Waals surface area contributed by atoms with Crippen LogP contribution in [-0.4, -0.2) is 26.3 Å². The summed E-state index contributed by atoms with van der Waals surface area (Å²) in [7, 11) is 2.94. The number of rotatable bonds is 6. The van der Waals surface area contributed by atoms with Gasteiger partial charge in [-0.25, -0.2) is 0 Å². The van der Waals surface area contributed by atoms with Gasteiger partial charge >= 0.3 is 6.18 Å². The number of ether oxygens (including phenoxy) is 2. The molecule has 0 fully saturated rings. The maximum atomic E-state index is 13.3. The van der Waals surface area contributed by atoms with Gasteiger partial charge in [0.2, 0.25) is 5.91 Å². The minimum Gasteiger partial charge on any atom is -0.497 e. The first-order valence-corrected chi connectivity index (χ1v) is 7.67. The summed E-state index contributed by atoms with van der Waals surface area (Å²) in [5.41, 5.74) is 0.496. The molecule has 0 aliphatic rings. The van der Waals surface area contributed by atoms with E-state index in [0.717, 1.165) is 6.08 Å². The lowest BCUT2D eigenvalue weighted by molar-refractivity contribution is -0.162. The van der Waals surface area contributed by atoms with Gasteiger partial charge in [-0.2, -0.15) is 13.2 Å². The van der Waals surface area contributed by atoms with Crippen molar-refractivity contribution in [3.63, 3.8) is 0 Å². The highest BCUT2D eigenvalue weighted by Gasteiger charge is 2.41. The van der Waals surface area contributed by atoms with E-state index in [2.05, 4.69) is 0 Å². The molecule has 7 heteroatoms. The summed E-state index contributed by atoms with van der Waals surface area (Å²) in [6, 6.07) is 10.0. The molecule has 4 nitrogen and oxygen atoms in total. The number of halogens is 3. The van der Waals surface area contributed by atoms with Crippen molar-refractivity contribution in [2.45, 2.75) is 12.2 Å². The van der Waals surface area contributed by atoms with Crippen LogP contribution in [0.25, 0.3) is 6.08 Å². The van der Waals surface area contributed by atoms with Gasteiger partial charge in [-0.15, -0.1) is 0 Å². The third-order valence-electron chi connectivity index (χ3n) is 3.60. The molecule has 0 bridgehead atoms. The zero-order valence-electron chi connectivity index (χ0n) is 14.2. The molecule has 0 saturated carbocycles. The third-order valence-corrected chi connectivity index (χ3v) is 3.60. The molecule has 1 amide bonds. The molecule has 0 unspecified atom stereocenters. The van der Waals surface area contributed by atoms with Crippen molar-refractivity contribution in [2.75, 3.05) is 14.2 Å². The first-order valence-electron chi connectivity index (χ1n) is 7.67. The van der Waals surface area contributed by atoms with Crippen molar-refractivity contribution in [1.82, 2.24) is 5.32 Å². The fraction of sp³-hybridized carbons (Fsp3) is 0.211. The quantitative estimate of drug-likeness (QED) is 0.783. The summed E-state index contributed by atoms with van der Waals surface area (Å²) in [5, 5.41) is 1.99. The van der Waals surface area contributed by atoms with Gasteiger partial charge in [0, 0.05) is 17.7 Å². The minimum atomic E-state index is -4.61. The fourth-order valence-electron chi connectivity index (χ4n) is 2.31. The van der Waals surface area contributed by atoms with Crippen molar-refractivity contribution in [1.29, 1.82) is 0 Å². The summed E-state index contributed by atoms with van der Waals surface area (Å²) >= 11 is 0. The minimum absolute atomic E-state index is 0.0382. The van der Waals surface area contributed by atoms with E-state index >= 15 is 0 Å². The molecule has 2 aromatic rings. The molecule has 1 N–H and O–H groups in total. The van der Waals surface area contributed by atoms with Crippen LogP contribution in [0, 0.1) is 0 Å². The molecule has 0 radical (unpaired) electrons. The number of nitrogens with one attached hydrogen (secondary N) is 1. The van der Waals surface area contributed by atoms with Gasteiger partial charge in [-0.3, -0.25) is 4.79 Å². The van der Waals surface area contributed by atoms with Gasteiger partial charge in [-0.1, -0.05) is 30.3 Å². The SMILES string of the molecule is COc1ccc(/C=C/C(=O)N[C@H](c2ccccc2)C(F)(F)F)c(OC)c1. The number of carbonyl (C=O) groups excluding carboxylic acids is 1. The Morgan fingerprint density at radius 1 is 1.08 bits per heavy atom. The van der Waals surface area contributed by atoms with E-state index in [4.69, 9.17) is 9.47 Å². The van der Waals surface area contributed by atoms with Crippen molar-refractivity contribution in [2.24, 2.45) is 0 Å². The van der Waals surface area contributed by atoms with Crippen LogP contribution in [0.5, 0.6) is 11.5 Å². The maximum Gasteiger partial charge on any atom is 0.412 e. The monoisotopic (exact) mass is 365 g/mol. The molecule has 2 aromatic carbocycles. The Labute approximate surface area is 149 Å². The second-order valence-electron chi connectivity index (χ2n) is 5.34. The van der Waals surface area contributed by atoms with Crippen molar-refractivity contribution in [3.05, 3.63) is 65.7 Å². The number of carbonyl (C=O) groups is 1. The van der Waals surface area contributed by atoms with Crippen LogP contribution < -0.4 is 14.8 Å². The Bertz CT molecular complexity index is 773. The molecule has 2 rings (SSSR count). The second kappa shape index (κ2) is 8.42. The molecular weight excluding hydrogens is 347 g/mol. The van der Waals surface area contributed by atoms with Crippen LogP contribution in [0.2, 0.25) is 0 Å². The van der Waals surface area contributed by atoms with Gasteiger partial charge in [-0.05, 0) is 23.8 Å². The highest BCUT2D eigenvalue weighted by molar-refractivity contribution is 5.92. The number of amides is 1. The van der Waals surface area contributed by atoms with Crippen LogP contribution in [-0.2, 0) is 4.79 Å². The van der Waals surface area contributed by atoms with E-state index < -0.39 is 18.1 Å². The van der Waals surface area contributed by atoms with Crippen molar-refractivity contribution >= 4 is 12.0 Å². The van der Waals surface area contributed by atoms with E-state index in [1.54, 1.807) is 24.3 Å². The Balaban J connectivity index is 2.17. The molecule has 0 aliphatic heterocycles. The van der Waals surface area contributed by atoms with Crippen LogP contribution in [0.4, 0.5) is 13.2 Å². The smallest absolute Gasteiger partial charge is 0.412 e. The van der Waals surface area contributed by atoms with E-state index in [1.165, 1.54) is 44.6 Å². The summed E-state index contributed by atoms with van der Waals surface area (Å²) < 4.78 is 50.0. The Kier molecular flexibility index (Phi) is 6.27. The largest absolute Gasteiger partial charge is 0.497 e. The Hall–Kier alpha value is -2.96. The molecule has 0 spiro atoms. The van der Waals surface area contributed by atoms with Gasteiger partial charge < -0.3 is 14.8 Å². The summed E-state index contributed by atoms with van der Waals surface area (Å²) in [5.74, 6) is 0.127. The summed E-state index contributed by atoms with van der Waals surface area (Å²) in [6.45, 7) is 0. The number of alkyl halides is 3. The van der Waals surface area contributed by atoms with Gasteiger partial charge in [0.05, 0.1) is 14.2 Å². The highest BCUT2D eigenvalue weighted by atomic mass is 19.4. The lowest BCUT2D eigenvalue weighted by atomic mass is 10.1. The molecule has 0 saturated heterocycles.